The molecule has 0 amide bonds. The lowest BCUT2D eigenvalue weighted by Crippen LogP contribution is -2.21. The molecule has 7 rings (SSSR count). The molecule has 1 aliphatic heterocycles. The van der Waals surface area contributed by atoms with Gasteiger partial charge in [0.2, 0.25) is 0 Å². The van der Waals surface area contributed by atoms with Gasteiger partial charge in [0.1, 0.15) is 0 Å². The summed E-state index contributed by atoms with van der Waals surface area (Å²) in [5.74, 6) is 0. The van der Waals surface area contributed by atoms with Gasteiger partial charge in [-0.05, 0) is 39.3 Å². The third-order valence-corrected chi connectivity index (χ3v) is 12.0. The number of hydrogen-bond donors (Lipinski definition) is 0. The second-order valence-corrected chi connectivity index (χ2v) is 12.9. The zero-order valence-corrected chi connectivity index (χ0v) is 19.3. The van der Waals surface area contributed by atoms with Crippen molar-refractivity contribution in [3.63, 3.8) is 0 Å². The van der Waals surface area contributed by atoms with Gasteiger partial charge in [0.05, 0.1) is 0 Å². The second-order valence-electron chi connectivity index (χ2n) is 8.56. The molecule has 3 heteroatoms. The highest BCUT2D eigenvalue weighted by Gasteiger charge is 2.38. The fourth-order valence-corrected chi connectivity index (χ4v) is 10.3. The molecule has 0 spiro atoms. The van der Waals surface area contributed by atoms with E-state index in [4.69, 9.17) is 11.8 Å². The zero-order chi connectivity index (χ0) is 21.4. The number of hydrogen-bond acceptors (Lipinski definition) is 1. The Labute approximate surface area is 191 Å². The van der Waals surface area contributed by atoms with E-state index in [-0.39, 0.29) is 0 Å². The van der Waals surface area contributed by atoms with Gasteiger partial charge in [0.25, 0.3) is 0 Å². The van der Waals surface area contributed by atoms with E-state index in [1.54, 1.807) is 0 Å². The summed E-state index contributed by atoms with van der Waals surface area (Å²) in [5, 5.41) is 9.19. The summed E-state index contributed by atoms with van der Waals surface area (Å²) in [4.78, 5) is 0. The maximum Gasteiger partial charge on any atom is 0.0496 e. The third kappa shape index (κ3) is 2.17. The normalized spacial score (nSPS) is 17.2. The van der Waals surface area contributed by atoms with E-state index in [0.29, 0.717) is 0 Å². The Morgan fingerprint density at radius 2 is 1.31 bits per heavy atom. The van der Waals surface area contributed by atoms with Crippen molar-refractivity contribution in [1.82, 2.24) is 4.57 Å². The lowest BCUT2D eigenvalue weighted by atomic mass is 10.00. The van der Waals surface area contributed by atoms with Gasteiger partial charge in [-0.2, -0.15) is 0 Å². The monoisotopic (exact) mass is 445 g/mol. The lowest BCUT2D eigenvalue weighted by Gasteiger charge is -2.21. The molecule has 6 aromatic rings. The lowest BCUT2D eigenvalue weighted by molar-refractivity contribution is 1.02. The van der Waals surface area contributed by atoms with E-state index < -0.39 is 6.04 Å². The van der Waals surface area contributed by atoms with Crippen molar-refractivity contribution in [2.45, 2.75) is 0 Å². The molecule has 5 aromatic carbocycles. The molecule has 0 radical (unpaired) electrons. The van der Waals surface area contributed by atoms with E-state index in [1.807, 2.05) is 0 Å². The van der Waals surface area contributed by atoms with Crippen LogP contribution >= 0.6 is 6.04 Å². The summed E-state index contributed by atoms with van der Waals surface area (Å²) in [6.45, 7) is 0. The van der Waals surface area contributed by atoms with E-state index >= 15 is 0 Å². The van der Waals surface area contributed by atoms with Gasteiger partial charge in [-0.15, -0.1) is 0 Å². The summed E-state index contributed by atoms with van der Waals surface area (Å²) in [5.41, 5.74) is 5.13. The van der Waals surface area contributed by atoms with E-state index in [9.17, 15) is 0 Å². The molecular weight excluding hydrogens is 425 g/mol. The number of benzene rings is 5. The van der Waals surface area contributed by atoms with Crippen LogP contribution in [-0.2, 0) is 18.9 Å². The SMILES string of the molecule is Cn1c2ccc3c(c2c2c4ccccc4ccc21)P(=S)(c1ccccc1)c1ccccc1-3. The van der Waals surface area contributed by atoms with Crippen LogP contribution in [0.3, 0.4) is 0 Å². The molecule has 0 saturated heterocycles. The molecule has 0 N–H and O–H groups in total. The van der Waals surface area contributed by atoms with E-state index in [0.717, 1.165) is 0 Å². The molecule has 152 valence electrons. The van der Waals surface area contributed by atoms with Crippen molar-refractivity contribution < 1.29 is 0 Å². The van der Waals surface area contributed by atoms with Crippen LogP contribution in [-0.4, -0.2) is 4.57 Å². The number of fused-ring (bicyclic) bond motifs is 9. The first-order chi connectivity index (χ1) is 15.7. The van der Waals surface area contributed by atoms with Crippen LogP contribution in [0.25, 0.3) is 43.7 Å². The molecule has 1 aliphatic rings. The van der Waals surface area contributed by atoms with Crippen LogP contribution in [0.5, 0.6) is 0 Å². The Hall–Kier alpha value is -3.19. The number of rotatable bonds is 1. The summed E-state index contributed by atoms with van der Waals surface area (Å²) in [6.07, 6.45) is 0. The van der Waals surface area contributed by atoms with Crippen LogP contribution in [0.15, 0.2) is 103 Å². The Morgan fingerprint density at radius 1 is 0.625 bits per heavy atom. The van der Waals surface area contributed by atoms with Gasteiger partial charge in [-0.25, -0.2) is 0 Å². The summed E-state index contributed by atoms with van der Waals surface area (Å²) in [7, 11) is 2.18. The molecule has 0 aliphatic carbocycles. The standard InChI is InChI=1S/C29H20NPS/c1-30-24-17-15-19-9-5-6-12-21(19)27(24)28-25(30)18-16-23-22-13-7-8-14-26(22)31(32,29(23)28)20-10-3-2-4-11-20/h2-18H,1H3. The third-order valence-electron chi connectivity index (χ3n) is 7.00. The first kappa shape index (κ1) is 18.4. The molecule has 1 aromatic heterocycles. The minimum Gasteiger partial charge on any atom is -0.344 e. The van der Waals surface area contributed by atoms with Gasteiger partial charge < -0.3 is 4.57 Å². The van der Waals surface area contributed by atoms with Crippen LogP contribution in [0.1, 0.15) is 0 Å². The maximum atomic E-state index is 6.77. The molecule has 1 unspecified atom stereocenters. The predicted molar refractivity (Wildman–Crippen MR) is 143 cm³/mol. The van der Waals surface area contributed by atoms with Gasteiger partial charge in [0.15, 0.2) is 0 Å². The summed E-state index contributed by atoms with van der Waals surface area (Å²) >= 11 is 6.77. The first-order valence-electron chi connectivity index (χ1n) is 10.9. The summed E-state index contributed by atoms with van der Waals surface area (Å²) in [6, 6.07) is 35.2. The van der Waals surface area contributed by atoms with Crippen molar-refractivity contribution in [1.29, 1.82) is 0 Å². The number of aromatic nitrogens is 1. The van der Waals surface area contributed by atoms with Gasteiger partial charge in [-0.1, -0.05) is 103 Å². The average Bonchev–Trinajstić information content (AvgIpc) is 3.30. The minimum atomic E-state index is -2.20. The molecule has 1 nitrogen and oxygen atoms in total. The fourth-order valence-electron chi connectivity index (χ4n) is 5.59. The van der Waals surface area contributed by atoms with Gasteiger partial charge in [0, 0.05) is 45.5 Å². The topological polar surface area (TPSA) is 4.93 Å². The minimum absolute atomic E-state index is 1.26. The Morgan fingerprint density at radius 3 is 2.19 bits per heavy atom. The largest absolute Gasteiger partial charge is 0.344 e. The fraction of sp³-hybridized carbons (Fsp3) is 0.0345. The summed E-state index contributed by atoms with van der Waals surface area (Å²) < 4.78 is 2.34. The van der Waals surface area contributed by atoms with Crippen LogP contribution in [0.2, 0.25) is 0 Å². The molecule has 0 saturated carbocycles. The van der Waals surface area contributed by atoms with Crippen LogP contribution in [0, 0.1) is 0 Å². The number of nitrogens with zero attached hydrogens (tertiary/aromatic N) is 1. The highest BCUT2D eigenvalue weighted by molar-refractivity contribution is 8.26. The highest BCUT2D eigenvalue weighted by atomic mass is 32.4. The first-order valence-corrected chi connectivity index (χ1v) is 13.7. The number of aryl methyl sites for hydroxylation is 1. The van der Waals surface area contributed by atoms with E-state index in [2.05, 4.69) is 115 Å². The quantitative estimate of drug-likeness (QED) is 0.272. The molecular formula is C29H20NPS. The second kappa shape index (κ2) is 6.42. The van der Waals surface area contributed by atoms with Crippen molar-refractivity contribution in [2.24, 2.45) is 7.05 Å². The maximum absolute atomic E-state index is 6.77. The van der Waals surface area contributed by atoms with E-state index in [1.165, 1.54) is 59.6 Å². The smallest absolute Gasteiger partial charge is 0.0496 e. The van der Waals surface area contributed by atoms with Crippen LogP contribution < -0.4 is 15.9 Å². The Balaban J connectivity index is 1.78. The zero-order valence-electron chi connectivity index (χ0n) is 17.6. The predicted octanol–water partition coefficient (Wildman–Crippen LogP) is 6.22. The van der Waals surface area contributed by atoms with Crippen molar-refractivity contribution >= 4 is 66.3 Å². The molecule has 0 fully saturated rings. The van der Waals surface area contributed by atoms with Crippen LogP contribution in [0.4, 0.5) is 0 Å². The molecule has 1 atom stereocenters. The molecule has 32 heavy (non-hydrogen) atoms. The average molecular weight is 446 g/mol. The van der Waals surface area contributed by atoms with Crippen molar-refractivity contribution in [3.05, 3.63) is 103 Å². The molecule has 2 heterocycles. The molecule has 0 bridgehead atoms. The van der Waals surface area contributed by atoms with Gasteiger partial charge in [-0.3, -0.25) is 0 Å². The highest BCUT2D eigenvalue weighted by Crippen LogP contribution is 2.55. The van der Waals surface area contributed by atoms with Crippen molar-refractivity contribution in [3.8, 4) is 11.1 Å². The van der Waals surface area contributed by atoms with Gasteiger partial charge >= 0.3 is 0 Å². The Kier molecular flexibility index (Phi) is 3.69. The Bertz CT molecular complexity index is 1760. The van der Waals surface area contributed by atoms with Crippen molar-refractivity contribution in [2.75, 3.05) is 0 Å².